The van der Waals surface area contributed by atoms with Gasteiger partial charge in [-0.1, -0.05) is 58.3 Å². The number of carbonyl (C=O) groups is 2. The first kappa shape index (κ1) is 18.9. The lowest BCUT2D eigenvalue weighted by Gasteiger charge is -2.05. The van der Waals surface area contributed by atoms with Gasteiger partial charge in [-0.15, -0.1) is 0 Å². The van der Waals surface area contributed by atoms with Crippen molar-refractivity contribution in [2.24, 2.45) is 0 Å². The van der Waals surface area contributed by atoms with Gasteiger partial charge in [-0.2, -0.15) is 0 Å². The van der Waals surface area contributed by atoms with E-state index in [4.69, 9.17) is 4.74 Å². The predicted octanol–water partition coefficient (Wildman–Crippen LogP) is 4.01. The van der Waals surface area contributed by atoms with Gasteiger partial charge in [0.25, 0.3) is 0 Å². The molecule has 0 heterocycles. The molecule has 4 heteroatoms. The van der Waals surface area contributed by atoms with Crippen LogP contribution in [-0.2, 0) is 19.1 Å². The van der Waals surface area contributed by atoms with Gasteiger partial charge in [0, 0.05) is 13.3 Å². The highest BCUT2D eigenvalue weighted by molar-refractivity contribution is 5.69. The molecule has 0 radical (unpaired) electrons. The van der Waals surface area contributed by atoms with Gasteiger partial charge in [-0.25, -0.2) is 0 Å². The van der Waals surface area contributed by atoms with Crippen molar-refractivity contribution in [2.75, 3.05) is 13.2 Å². The van der Waals surface area contributed by atoms with Gasteiger partial charge in [0.15, 0.2) is 0 Å². The Morgan fingerprint density at radius 3 is 1.80 bits per heavy atom. The summed E-state index contributed by atoms with van der Waals surface area (Å²) in [6.45, 7) is 3.88. The Bertz CT molecular complexity index is 251. The Morgan fingerprint density at radius 1 is 0.750 bits per heavy atom. The van der Waals surface area contributed by atoms with Crippen LogP contribution in [0.5, 0.6) is 0 Å². The average Bonchev–Trinajstić information content (AvgIpc) is 2.41. The number of esters is 2. The topological polar surface area (TPSA) is 52.6 Å². The van der Waals surface area contributed by atoms with E-state index < -0.39 is 0 Å². The zero-order valence-corrected chi connectivity index (χ0v) is 13.1. The summed E-state index contributed by atoms with van der Waals surface area (Å²) in [5.41, 5.74) is 0. The maximum Gasteiger partial charge on any atom is 0.305 e. The van der Waals surface area contributed by atoms with Crippen molar-refractivity contribution in [3.8, 4) is 0 Å². The molecule has 0 aliphatic carbocycles. The standard InChI is InChI=1S/C16H30O4/c1-3-4-5-6-7-8-9-10-11-12-16(18)20-14-13-19-15(2)17/h3-14H2,1-2H3. The Balaban J connectivity index is 3.17. The maximum absolute atomic E-state index is 11.3. The van der Waals surface area contributed by atoms with Crippen LogP contribution in [0.1, 0.15) is 78.1 Å². The van der Waals surface area contributed by atoms with Crippen LogP contribution in [0.4, 0.5) is 0 Å². The summed E-state index contributed by atoms with van der Waals surface area (Å²) >= 11 is 0. The quantitative estimate of drug-likeness (QED) is 0.379. The van der Waals surface area contributed by atoms with Crippen LogP contribution in [-0.4, -0.2) is 25.2 Å². The van der Waals surface area contributed by atoms with Crippen molar-refractivity contribution in [3.63, 3.8) is 0 Å². The third kappa shape index (κ3) is 15.0. The molecule has 0 aliphatic heterocycles. The molecule has 0 aromatic carbocycles. The minimum absolute atomic E-state index is 0.152. The van der Waals surface area contributed by atoms with E-state index in [-0.39, 0.29) is 25.2 Å². The summed E-state index contributed by atoms with van der Waals surface area (Å²) in [6, 6.07) is 0. The van der Waals surface area contributed by atoms with Crippen LogP contribution in [0, 0.1) is 0 Å². The lowest BCUT2D eigenvalue weighted by atomic mass is 10.1. The van der Waals surface area contributed by atoms with E-state index in [1.165, 1.54) is 51.9 Å². The van der Waals surface area contributed by atoms with Crippen molar-refractivity contribution in [2.45, 2.75) is 78.1 Å². The molecular formula is C16H30O4. The Morgan fingerprint density at radius 2 is 1.25 bits per heavy atom. The first-order chi connectivity index (χ1) is 9.66. The van der Waals surface area contributed by atoms with Crippen LogP contribution in [0.2, 0.25) is 0 Å². The minimum Gasteiger partial charge on any atom is -0.462 e. The highest BCUT2D eigenvalue weighted by atomic mass is 16.6. The normalized spacial score (nSPS) is 10.3. The summed E-state index contributed by atoms with van der Waals surface area (Å²) in [6.07, 6.45) is 11.6. The van der Waals surface area contributed by atoms with E-state index in [1.54, 1.807) is 0 Å². The van der Waals surface area contributed by atoms with Gasteiger partial charge < -0.3 is 9.47 Å². The zero-order valence-electron chi connectivity index (χ0n) is 13.1. The number of hydrogen-bond donors (Lipinski definition) is 0. The van der Waals surface area contributed by atoms with E-state index in [1.807, 2.05) is 0 Å². The summed E-state index contributed by atoms with van der Waals surface area (Å²) in [5, 5.41) is 0. The second-order valence-electron chi connectivity index (χ2n) is 5.14. The number of carbonyl (C=O) groups excluding carboxylic acids is 2. The highest BCUT2D eigenvalue weighted by Crippen LogP contribution is 2.10. The largest absolute Gasteiger partial charge is 0.462 e. The Kier molecular flexibility index (Phi) is 13.6. The molecule has 20 heavy (non-hydrogen) atoms. The van der Waals surface area contributed by atoms with Crippen LogP contribution >= 0.6 is 0 Å². The summed E-state index contributed by atoms with van der Waals surface area (Å²) < 4.78 is 9.62. The van der Waals surface area contributed by atoms with Gasteiger partial charge in [-0.3, -0.25) is 9.59 Å². The second kappa shape index (κ2) is 14.4. The molecule has 0 atom stereocenters. The predicted molar refractivity (Wildman–Crippen MR) is 79.4 cm³/mol. The van der Waals surface area contributed by atoms with Crippen molar-refractivity contribution < 1.29 is 19.1 Å². The molecule has 0 saturated carbocycles. The fourth-order valence-electron chi connectivity index (χ4n) is 1.99. The van der Waals surface area contributed by atoms with Gasteiger partial charge in [-0.05, 0) is 6.42 Å². The third-order valence-electron chi connectivity index (χ3n) is 3.14. The maximum atomic E-state index is 11.3. The van der Waals surface area contributed by atoms with Crippen LogP contribution in [0.15, 0.2) is 0 Å². The molecule has 0 aliphatic rings. The lowest BCUT2D eigenvalue weighted by Crippen LogP contribution is -2.12. The molecule has 0 aromatic heterocycles. The minimum atomic E-state index is -0.347. The molecule has 0 spiro atoms. The number of unbranched alkanes of at least 4 members (excludes halogenated alkanes) is 8. The van der Waals surface area contributed by atoms with Gasteiger partial charge >= 0.3 is 11.9 Å². The SMILES string of the molecule is CCCCCCCCCCCC(=O)OCCOC(C)=O. The molecule has 0 saturated heterocycles. The highest BCUT2D eigenvalue weighted by Gasteiger charge is 2.03. The lowest BCUT2D eigenvalue weighted by molar-refractivity contribution is -0.151. The van der Waals surface area contributed by atoms with E-state index >= 15 is 0 Å². The molecule has 0 aromatic rings. The molecule has 0 bridgehead atoms. The number of hydrogen-bond acceptors (Lipinski definition) is 4. The molecule has 0 rings (SSSR count). The molecule has 118 valence electrons. The van der Waals surface area contributed by atoms with Crippen molar-refractivity contribution in [3.05, 3.63) is 0 Å². The first-order valence-corrected chi connectivity index (χ1v) is 7.95. The smallest absolute Gasteiger partial charge is 0.305 e. The monoisotopic (exact) mass is 286 g/mol. The zero-order chi connectivity index (χ0) is 15.1. The molecule has 0 unspecified atom stereocenters. The van der Waals surface area contributed by atoms with Crippen LogP contribution in [0.25, 0.3) is 0 Å². The van der Waals surface area contributed by atoms with E-state index in [0.717, 1.165) is 12.8 Å². The van der Waals surface area contributed by atoms with Gasteiger partial charge in [0.05, 0.1) is 0 Å². The van der Waals surface area contributed by atoms with Crippen LogP contribution in [0.3, 0.4) is 0 Å². The third-order valence-corrected chi connectivity index (χ3v) is 3.14. The fraction of sp³-hybridized carbons (Fsp3) is 0.875. The van der Waals surface area contributed by atoms with E-state index in [9.17, 15) is 9.59 Å². The Hall–Kier alpha value is -1.06. The molecular weight excluding hydrogens is 256 g/mol. The van der Waals surface area contributed by atoms with Gasteiger partial charge in [0.2, 0.25) is 0 Å². The molecule has 0 N–H and O–H groups in total. The van der Waals surface area contributed by atoms with E-state index in [0.29, 0.717) is 6.42 Å². The van der Waals surface area contributed by atoms with Crippen LogP contribution < -0.4 is 0 Å². The number of rotatable bonds is 13. The Labute approximate surface area is 123 Å². The molecule has 0 fully saturated rings. The van der Waals surface area contributed by atoms with Crippen molar-refractivity contribution in [1.82, 2.24) is 0 Å². The van der Waals surface area contributed by atoms with Gasteiger partial charge in [0.1, 0.15) is 13.2 Å². The van der Waals surface area contributed by atoms with Crippen molar-refractivity contribution in [1.29, 1.82) is 0 Å². The summed E-state index contributed by atoms with van der Waals surface area (Å²) in [7, 11) is 0. The average molecular weight is 286 g/mol. The van der Waals surface area contributed by atoms with E-state index in [2.05, 4.69) is 11.7 Å². The molecule has 0 amide bonds. The summed E-state index contributed by atoms with van der Waals surface area (Å²) in [4.78, 5) is 21.8. The number of ether oxygens (including phenoxy) is 2. The molecule has 4 nitrogen and oxygen atoms in total. The van der Waals surface area contributed by atoms with Crippen molar-refractivity contribution >= 4 is 11.9 Å². The fourth-order valence-corrected chi connectivity index (χ4v) is 1.99. The second-order valence-corrected chi connectivity index (χ2v) is 5.14. The summed E-state index contributed by atoms with van der Waals surface area (Å²) in [5.74, 6) is -0.542. The first-order valence-electron chi connectivity index (χ1n) is 7.95.